The zero-order valence-corrected chi connectivity index (χ0v) is 10.3. The van der Waals surface area contributed by atoms with E-state index in [1.165, 1.54) is 11.1 Å². The Morgan fingerprint density at radius 1 is 1.24 bits per heavy atom. The number of hydroxylamine groups is 2. The van der Waals surface area contributed by atoms with Crippen LogP contribution in [0.1, 0.15) is 24.0 Å². The van der Waals surface area contributed by atoms with Crippen LogP contribution in [0.25, 0.3) is 0 Å². The van der Waals surface area contributed by atoms with E-state index >= 15 is 0 Å². The largest absolute Gasteiger partial charge is 0.370 e. The third-order valence-corrected chi connectivity index (χ3v) is 4.05. The molecule has 3 nitrogen and oxygen atoms in total. The molecule has 0 saturated carbocycles. The van der Waals surface area contributed by atoms with Crippen molar-refractivity contribution in [2.45, 2.75) is 24.9 Å². The first kappa shape index (κ1) is 11.2. The summed E-state index contributed by atoms with van der Waals surface area (Å²) in [4.78, 5) is 5.29. The van der Waals surface area contributed by atoms with Gasteiger partial charge in [0.25, 0.3) is 0 Å². The molecule has 1 aromatic rings. The highest BCUT2D eigenvalue weighted by atomic mass is 16.7. The van der Waals surface area contributed by atoms with E-state index in [1.807, 2.05) is 5.06 Å². The molecule has 2 aliphatic heterocycles. The van der Waals surface area contributed by atoms with Crippen molar-refractivity contribution in [3.8, 4) is 0 Å². The summed E-state index contributed by atoms with van der Waals surface area (Å²) in [6.45, 7) is 2.75. The van der Waals surface area contributed by atoms with E-state index in [0.29, 0.717) is 0 Å². The standard InChI is InChI=1S/C14H19NO2/c1-16-15-9-7-14(8-10-15)13-5-3-2-4-12(13)6-11-17-14/h2-5H,6-11H2,1H3. The maximum atomic E-state index is 6.14. The summed E-state index contributed by atoms with van der Waals surface area (Å²) in [7, 11) is 1.74. The molecule has 0 aliphatic carbocycles. The molecule has 1 spiro atoms. The predicted octanol–water partition coefficient (Wildman–Crippen LogP) is 2.11. The van der Waals surface area contributed by atoms with Crippen molar-refractivity contribution in [3.63, 3.8) is 0 Å². The van der Waals surface area contributed by atoms with Gasteiger partial charge in [-0.15, -0.1) is 0 Å². The summed E-state index contributed by atoms with van der Waals surface area (Å²) in [6, 6.07) is 8.72. The Balaban J connectivity index is 1.89. The molecule has 2 heterocycles. The molecule has 2 aliphatic rings. The van der Waals surface area contributed by atoms with Crippen molar-refractivity contribution >= 4 is 0 Å². The van der Waals surface area contributed by atoms with Gasteiger partial charge in [0.15, 0.2) is 0 Å². The van der Waals surface area contributed by atoms with Gasteiger partial charge in [0, 0.05) is 13.1 Å². The van der Waals surface area contributed by atoms with Gasteiger partial charge in [-0.1, -0.05) is 24.3 Å². The van der Waals surface area contributed by atoms with Gasteiger partial charge in [-0.05, 0) is 30.4 Å². The number of benzene rings is 1. The minimum absolute atomic E-state index is 0.0517. The summed E-state index contributed by atoms with van der Waals surface area (Å²) in [6.07, 6.45) is 3.10. The lowest BCUT2D eigenvalue weighted by atomic mass is 9.80. The average Bonchev–Trinajstić information content (AvgIpc) is 2.40. The Kier molecular flexibility index (Phi) is 2.90. The highest BCUT2D eigenvalue weighted by Crippen LogP contribution is 2.41. The highest BCUT2D eigenvalue weighted by molar-refractivity contribution is 5.35. The second-order valence-electron chi connectivity index (χ2n) is 4.86. The smallest absolute Gasteiger partial charge is 0.0960 e. The van der Waals surface area contributed by atoms with E-state index in [0.717, 1.165) is 39.0 Å². The van der Waals surface area contributed by atoms with E-state index in [9.17, 15) is 0 Å². The first-order valence-corrected chi connectivity index (χ1v) is 6.35. The van der Waals surface area contributed by atoms with Crippen molar-refractivity contribution in [2.75, 3.05) is 26.8 Å². The lowest BCUT2D eigenvalue weighted by Crippen LogP contribution is -2.46. The van der Waals surface area contributed by atoms with E-state index in [2.05, 4.69) is 24.3 Å². The summed E-state index contributed by atoms with van der Waals surface area (Å²) in [5.41, 5.74) is 2.82. The van der Waals surface area contributed by atoms with Gasteiger partial charge in [-0.25, -0.2) is 0 Å². The van der Waals surface area contributed by atoms with Gasteiger partial charge in [-0.3, -0.25) is 0 Å². The summed E-state index contributed by atoms with van der Waals surface area (Å²) < 4.78 is 6.14. The first-order valence-electron chi connectivity index (χ1n) is 6.35. The third kappa shape index (κ3) is 1.88. The molecule has 17 heavy (non-hydrogen) atoms. The topological polar surface area (TPSA) is 21.7 Å². The monoisotopic (exact) mass is 233 g/mol. The molecule has 0 atom stereocenters. The number of rotatable bonds is 1. The van der Waals surface area contributed by atoms with Crippen LogP contribution >= 0.6 is 0 Å². The van der Waals surface area contributed by atoms with Crippen LogP contribution in [0.3, 0.4) is 0 Å². The number of hydrogen-bond donors (Lipinski definition) is 0. The fourth-order valence-electron chi connectivity index (χ4n) is 3.06. The van der Waals surface area contributed by atoms with Crippen LogP contribution < -0.4 is 0 Å². The van der Waals surface area contributed by atoms with Gasteiger partial charge in [-0.2, -0.15) is 5.06 Å². The summed E-state index contributed by atoms with van der Waals surface area (Å²) in [5, 5.41) is 2.02. The fraction of sp³-hybridized carbons (Fsp3) is 0.571. The lowest BCUT2D eigenvalue weighted by molar-refractivity contribution is -0.190. The van der Waals surface area contributed by atoms with E-state index < -0.39 is 0 Å². The van der Waals surface area contributed by atoms with Crippen molar-refractivity contribution in [3.05, 3.63) is 35.4 Å². The number of hydrogen-bond acceptors (Lipinski definition) is 3. The Labute approximate surface area is 102 Å². The molecule has 3 rings (SSSR count). The van der Waals surface area contributed by atoms with Crippen LogP contribution in [0.4, 0.5) is 0 Å². The van der Waals surface area contributed by atoms with Crippen LogP contribution in [-0.4, -0.2) is 31.9 Å². The second kappa shape index (κ2) is 4.41. The van der Waals surface area contributed by atoms with Gasteiger partial charge in [0.2, 0.25) is 0 Å². The predicted molar refractivity (Wildman–Crippen MR) is 65.6 cm³/mol. The quantitative estimate of drug-likeness (QED) is 0.741. The highest BCUT2D eigenvalue weighted by Gasteiger charge is 2.40. The van der Waals surface area contributed by atoms with Crippen molar-refractivity contribution in [1.29, 1.82) is 0 Å². The molecule has 0 radical (unpaired) electrons. The minimum atomic E-state index is -0.0517. The molecule has 3 heteroatoms. The average molecular weight is 233 g/mol. The molecule has 92 valence electrons. The molecule has 1 aromatic carbocycles. The van der Waals surface area contributed by atoms with Crippen molar-refractivity contribution in [2.24, 2.45) is 0 Å². The first-order chi connectivity index (χ1) is 8.34. The third-order valence-electron chi connectivity index (χ3n) is 4.05. The van der Waals surface area contributed by atoms with Crippen LogP contribution in [0.15, 0.2) is 24.3 Å². The second-order valence-corrected chi connectivity index (χ2v) is 4.86. The van der Waals surface area contributed by atoms with E-state index in [-0.39, 0.29) is 5.60 Å². The maximum absolute atomic E-state index is 6.14. The molecular weight excluding hydrogens is 214 g/mol. The number of ether oxygens (including phenoxy) is 1. The molecule has 1 fully saturated rings. The fourth-order valence-corrected chi connectivity index (χ4v) is 3.06. The Bertz CT molecular complexity index is 397. The van der Waals surface area contributed by atoms with E-state index in [1.54, 1.807) is 7.11 Å². The zero-order chi connectivity index (χ0) is 11.7. The molecular formula is C14H19NO2. The van der Waals surface area contributed by atoms with Crippen LogP contribution in [0.5, 0.6) is 0 Å². The van der Waals surface area contributed by atoms with Crippen molar-refractivity contribution < 1.29 is 9.57 Å². The summed E-state index contributed by atoms with van der Waals surface area (Å²) in [5.74, 6) is 0. The van der Waals surface area contributed by atoms with Gasteiger partial charge >= 0.3 is 0 Å². The van der Waals surface area contributed by atoms with Crippen LogP contribution in [-0.2, 0) is 21.6 Å². The summed E-state index contributed by atoms with van der Waals surface area (Å²) >= 11 is 0. The minimum Gasteiger partial charge on any atom is -0.370 e. The molecule has 0 aromatic heterocycles. The van der Waals surface area contributed by atoms with E-state index in [4.69, 9.17) is 9.57 Å². The van der Waals surface area contributed by atoms with Gasteiger partial charge < -0.3 is 9.57 Å². The number of fused-ring (bicyclic) bond motifs is 2. The Morgan fingerprint density at radius 2 is 2.00 bits per heavy atom. The molecule has 0 N–H and O–H groups in total. The van der Waals surface area contributed by atoms with Crippen LogP contribution in [0, 0.1) is 0 Å². The number of nitrogens with zero attached hydrogens (tertiary/aromatic N) is 1. The molecule has 0 unspecified atom stereocenters. The Morgan fingerprint density at radius 3 is 2.76 bits per heavy atom. The lowest BCUT2D eigenvalue weighted by Gasteiger charge is -2.44. The molecule has 0 bridgehead atoms. The SMILES string of the molecule is CON1CCC2(CC1)OCCc1ccccc12. The Hall–Kier alpha value is -0.900. The van der Waals surface area contributed by atoms with Crippen molar-refractivity contribution in [1.82, 2.24) is 5.06 Å². The number of piperidine rings is 1. The zero-order valence-electron chi connectivity index (χ0n) is 10.3. The van der Waals surface area contributed by atoms with Crippen LogP contribution in [0.2, 0.25) is 0 Å². The molecule has 1 saturated heterocycles. The maximum Gasteiger partial charge on any atom is 0.0960 e. The van der Waals surface area contributed by atoms with Gasteiger partial charge in [0.05, 0.1) is 19.3 Å². The normalized spacial score (nSPS) is 23.6. The van der Waals surface area contributed by atoms with Gasteiger partial charge in [0.1, 0.15) is 0 Å². The molecule has 0 amide bonds.